The summed E-state index contributed by atoms with van der Waals surface area (Å²) in [5.41, 5.74) is 0.497. The average Bonchev–Trinajstić information content (AvgIpc) is 3.01. The van der Waals surface area contributed by atoms with Crippen molar-refractivity contribution in [2.45, 2.75) is 50.9 Å². The van der Waals surface area contributed by atoms with Crippen LogP contribution in [0.1, 0.15) is 45.2 Å². The summed E-state index contributed by atoms with van der Waals surface area (Å²) in [6.45, 7) is 8.44. The third-order valence-electron chi connectivity index (χ3n) is 4.50. The molecule has 128 valence electrons. The first-order chi connectivity index (χ1) is 10.9. The number of nitrogens with zero attached hydrogens (tertiary/aromatic N) is 1. The van der Waals surface area contributed by atoms with Crippen LogP contribution in [-0.4, -0.2) is 48.4 Å². The summed E-state index contributed by atoms with van der Waals surface area (Å²) < 4.78 is 16.8. The molecule has 0 aromatic carbocycles. The summed E-state index contributed by atoms with van der Waals surface area (Å²) in [6, 6.07) is 2.15. The van der Waals surface area contributed by atoms with Crippen LogP contribution < -0.4 is 5.32 Å². The lowest BCUT2D eigenvalue weighted by Gasteiger charge is -2.45. The van der Waals surface area contributed by atoms with Crippen molar-refractivity contribution in [2.75, 3.05) is 26.2 Å². The van der Waals surface area contributed by atoms with Crippen molar-refractivity contribution in [3.63, 3.8) is 0 Å². The number of morpholine rings is 1. The normalized spacial score (nSPS) is 24.7. The molecule has 1 aromatic heterocycles. The first kappa shape index (κ1) is 16.3. The Morgan fingerprint density at radius 2 is 2.13 bits per heavy atom. The Morgan fingerprint density at radius 3 is 2.65 bits per heavy atom. The molecule has 0 aliphatic carbocycles. The summed E-state index contributed by atoms with van der Waals surface area (Å²) in [6.07, 6.45) is 4.87. The molecule has 0 radical (unpaired) electrons. The van der Waals surface area contributed by atoms with Gasteiger partial charge in [0, 0.05) is 25.2 Å². The van der Waals surface area contributed by atoms with Gasteiger partial charge in [-0.2, -0.15) is 0 Å². The third-order valence-corrected chi connectivity index (χ3v) is 4.50. The molecule has 3 heterocycles. The Morgan fingerprint density at radius 1 is 1.39 bits per heavy atom. The fraction of sp³-hybridized carbons (Fsp3) is 0.706. The van der Waals surface area contributed by atoms with Gasteiger partial charge in [-0.25, -0.2) is 4.79 Å². The molecule has 2 fully saturated rings. The number of amides is 1. The molecule has 3 rings (SSSR count). The fourth-order valence-electron chi connectivity index (χ4n) is 3.11. The second kappa shape index (κ2) is 6.17. The van der Waals surface area contributed by atoms with Gasteiger partial charge in [0.2, 0.25) is 0 Å². The molecule has 23 heavy (non-hydrogen) atoms. The maximum atomic E-state index is 12.1. The maximum Gasteiger partial charge on any atom is 0.410 e. The first-order valence-electron chi connectivity index (χ1n) is 8.24. The smallest absolute Gasteiger partial charge is 0.410 e. The van der Waals surface area contributed by atoms with Gasteiger partial charge in [-0.05, 0) is 39.7 Å². The predicted molar refractivity (Wildman–Crippen MR) is 85.2 cm³/mol. The highest BCUT2D eigenvalue weighted by Crippen LogP contribution is 2.32. The van der Waals surface area contributed by atoms with Gasteiger partial charge in [0.1, 0.15) is 5.60 Å². The molecular formula is C17H26N2O4. The van der Waals surface area contributed by atoms with Gasteiger partial charge in [-0.1, -0.05) is 0 Å². The number of nitrogens with one attached hydrogen (secondary N) is 1. The molecule has 6 heteroatoms. The van der Waals surface area contributed by atoms with Gasteiger partial charge in [0.25, 0.3) is 0 Å². The zero-order valence-electron chi connectivity index (χ0n) is 14.1. The molecule has 2 aliphatic heterocycles. The van der Waals surface area contributed by atoms with E-state index < -0.39 is 5.60 Å². The lowest BCUT2D eigenvalue weighted by atomic mass is 9.89. The number of hydrogen-bond donors (Lipinski definition) is 1. The number of carbonyl (C=O) groups excluding carboxylic acids is 1. The second-order valence-electron chi connectivity index (χ2n) is 7.45. The molecule has 0 unspecified atom stereocenters. The van der Waals surface area contributed by atoms with Crippen molar-refractivity contribution in [1.29, 1.82) is 0 Å². The molecule has 2 saturated heterocycles. The van der Waals surface area contributed by atoms with Gasteiger partial charge < -0.3 is 24.1 Å². The first-order valence-corrected chi connectivity index (χ1v) is 8.24. The number of carbonyl (C=O) groups is 1. The van der Waals surface area contributed by atoms with Crippen LogP contribution in [0.15, 0.2) is 23.0 Å². The van der Waals surface area contributed by atoms with Gasteiger partial charge in [0.05, 0.1) is 30.8 Å². The molecule has 1 spiro atoms. The largest absolute Gasteiger partial charge is 0.472 e. The summed E-state index contributed by atoms with van der Waals surface area (Å²) in [5, 5.41) is 3.54. The highest BCUT2D eigenvalue weighted by Gasteiger charge is 2.41. The molecule has 2 aliphatic rings. The van der Waals surface area contributed by atoms with E-state index >= 15 is 0 Å². The number of hydrogen-bond acceptors (Lipinski definition) is 5. The molecule has 1 N–H and O–H groups in total. The van der Waals surface area contributed by atoms with E-state index in [9.17, 15) is 4.79 Å². The molecule has 6 nitrogen and oxygen atoms in total. The summed E-state index contributed by atoms with van der Waals surface area (Å²) in [7, 11) is 0. The topological polar surface area (TPSA) is 63.9 Å². The van der Waals surface area contributed by atoms with Crippen LogP contribution in [0.25, 0.3) is 0 Å². The van der Waals surface area contributed by atoms with Crippen molar-refractivity contribution < 1.29 is 18.7 Å². The Hall–Kier alpha value is -1.53. The third kappa shape index (κ3) is 3.87. The SMILES string of the molecule is CC(C)(C)OC(=O)N1CCC2(CC1)CN[C@H](c1ccoc1)CO2. The van der Waals surface area contributed by atoms with E-state index in [0.29, 0.717) is 19.7 Å². The van der Waals surface area contributed by atoms with E-state index in [0.717, 1.165) is 24.9 Å². The lowest BCUT2D eigenvalue weighted by molar-refractivity contribution is -0.113. The van der Waals surface area contributed by atoms with E-state index in [1.165, 1.54) is 0 Å². The van der Waals surface area contributed by atoms with Gasteiger partial charge in [-0.15, -0.1) is 0 Å². The van der Waals surface area contributed by atoms with Gasteiger partial charge in [-0.3, -0.25) is 0 Å². The minimum absolute atomic E-state index is 0.168. The van der Waals surface area contributed by atoms with E-state index in [-0.39, 0.29) is 17.7 Å². The molecule has 1 aromatic rings. The number of rotatable bonds is 1. The number of furan rings is 1. The summed E-state index contributed by atoms with van der Waals surface area (Å²) in [5.74, 6) is 0. The Bertz CT molecular complexity index is 517. The minimum Gasteiger partial charge on any atom is -0.472 e. The summed E-state index contributed by atoms with van der Waals surface area (Å²) in [4.78, 5) is 13.9. The quantitative estimate of drug-likeness (QED) is 0.861. The van der Waals surface area contributed by atoms with E-state index in [4.69, 9.17) is 13.9 Å². The standard InChI is InChI=1S/C17H26N2O4/c1-16(2,3)23-15(20)19-7-5-17(6-8-19)12-18-14(11-22-17)13-4-9-21-10-13/h4,9-10,14,18H,5-8,11-12H2,1-3H3/t14-/m0/s1. The minimum atomic E-state index is -0.451. The van der Waals surface area contributed by atoms with Crippen LogP contribution >= 0.6 is 0 Å². The van der Waals surface area contributed by atoms with Crippen LogP contribution in [-0.2, 0) is 9.47 Å². The predicted octanol–water partition coefficient (Wildman–Crippen LogP) is 2.71. The highest BCUT2D eigenvalue weighted by molar-refractivity contribution is 5.68. The molecule has 0 saturated carbocycles. The summed E-state index contributed by atoms with van der Waals surface area (Å²) >= 11 is 0. The maximum absolute atomic E-state index is 12.1. The van der Waals surface area contributed by atoms with Crippen molar-refractivity contribution >= 4 is 6.09 Å². The Labute approximate surface area is 137 Å². The van der Waals surface area contributed by atoms with Crippen LogP contribution in [0.2, 0.25) is 0 Å². The van der Waals surface area contributed by atoms with E-state index in [1.54, 1.807) is 17.4 Å². The molecule has 0 bridgehead atoms. The van der Waals surface area contributed by atoms with Crippen molar-refractivity contribution in [2.24, 2.45) is 0 Å². The van der Waals surface area contributed by atoms with E-state index in [2.05, 4.69) is 5.32 Å². The molecule has 1 amide bonds. The van der Waals surface area contributed by atoms with Crippen LogP contribution in [0.4, 0.5) is 4.79 Å². The van der Waals surface area contributed by atoms with Gasteiger partial charge >= 0.3 is 6.09 Å². The van der Waals surface area contributed by atoms with Crippen LogP contribution in [0.5, 0.6) is 0 Å². The van der Waals surface area contributed by atoms with Gasteiger partial charge in [0.15, 0.2) is 0 Å². The number of piperidine rings is 1. The number of likely N-dealkylation sites (tertiary alicyclic amines) is 1. The average molecular weight is 322 g/mol. The zero-order chi connectivity index (χ0) is 16.5. The monoisotopic (exact) mass is 322 g/mol. The van der Waals surface area contributed by atoms with Crippen molar-refractivity contribution in [3.05, 3.63) is 24.2 Å². The fourth-order valence-corrected chi connectivity index (χ4v) is 3.11. The van der Waals surface area contributed by atoms with Crippen molar-refractivity contribution in [3.8, 4) is 0 Å². The lowest BCUT2D eigenvalue weighted by Crippen LogP contribution is -2.57. The van der Waals surface area contributed by atoms with Crippen molar-refractivity contribution in [1.82, 2.24) is 10.2 Å². The Kier molecular flexibility index (Phi) is 4.38. The second-order valence-corrected chi connectivity index (χ2v) is 7.45. The Balaban J connectivity index is 1.50. The molecule has 1 atom stereocenters. The highest BCUT2D eigenvalue weighted by atomic mass is 16.6. The zero-order valence-corrected chi connectivity index (χ0v) is 14.1. The number of ether oxygens (including phenoxy) is 2. The van der Waals surface area contributed by atoms with Crippen LogP contribution in [0, 0.1) is 0 Å². The van der Waals surface area contributed by atoms with Crippen LogP contribution in [0.3, 0.4) is 0 Å². The molecular weight excluding hydrogens is 296 g/mol. The van der Waals surface area contributed by atoms with E-state index in [1.807, 2.05) is 26.8 Å².